The normalized spacial score (nSPS) is 11.0. The number of pyridine rings is 3. The molecule has 0 unspecified atom stereocenters. The second kappa shape index (κ2) is 12.1. The molecule has 46 heavy (non-hydrogen) atoms. The molecule has 0 aliphatic carbocycles. The van der Waals surface area contributed by atoms with E-state index in [0.29, 0.717) is 11.4 Å². The molecule has 2 N–H and O–H groups in total. The van der Waals surface area contributed by atoms with Gasteiger partial charge in [-0.15, -0.1) is 11.3 Å². The predicted octanol–water partition coefficient (Wildman–Crippen LogP) is 8.95. The zero-order valence-electron chi connectivity index (χ0n) is 24.1. The van der Waals surface area contributed by atoms with Gasteiger partial charge in [0, 0.05) is 33.4 Å². The lowest BCUT2D eigenvalue weighted by atomic mass is 10.0. The fourth-order valence-electron chi connectivity index (χ4n) is 5.28. The van der Waals surface area contributed by atoms with E-state index in [1.807, 2.05) is 66.7 Å². The van der Waals surface area contributed by atoms with Crippen LogP contribution in [0.25, 0.3) is 44.1 Å². The van der Waals surface area contributed by atoms with Crippen LogP contribution in [0.2, 0.25) is 0 Å². The summed E-state index contributed by atoms with van der Waals surface area (Å²) in [7, 11) is 0. The van der Waals surface area contributed by atoms with Crippen LogP contribution in [0, 0.1) is 0 Å². The standard InChI is InChI=1S/C37H24N4O4S/c42-36(43)23-17-18-38-30(19-23)31-20-24(37(44)45)21-32(40-31)33-22-28(27-13-7-8-14-29(27)39-33)34-15-16-35(46-34)41(25-9-3-1-4-10-25)26-11-5-2-6-12-26/h1-22H,(H,42,43)(H,44,45). The quantitative estimate of drug-likeness (QED) is 0.173. The largest absolute Gasteiger partial charge is 0.478 e. The molecule has 4 heterocycles. The highest BCUT2D eigenvalue weighted by Crippen LogP contribution is 2.43. The number of para-hydroxylation sites is 3. The van der Waals surface area contributed by atoms with E-state index >= 15 is 0 Å². The average Bonchev–Trinajstić information content (AvgIpc) is 3.58. The number of rotatable bonds is 8. The van der Waals surface area contributed by atoms with Crippen molar-refractivity contribution in [1.82, 2.24) is 15.0 Å². The molecule has 0 atom stereocenters. The van der Waals surface area contributed by atoms with Gasteiger partial charge in [-0.3, -0.25) is 4.98 Å². The van der Waals surface area contributed by atoms with Crippen molar-refractivity contribution in [3.05, 3.63) is 145 Å². The van der Waals surface area contributed by atoms with Crippen molar-refractivity contribution in [2.45, 2.75) is 0 Å². The van der Waals surface area contributed by atoms with Crippen LogP contribution in [-0.2, 0) is 0 Å². The summed E-state index contributed by atoms with van der Waals surface area (Å²) in [5.74, 6) is -2.27. The van der Waals surface area contributed by atoms with Gasteiger partial charge < -0.3 is 15.1 Å². The van der Waals surface area contributed by atoms with Crippen LogP contribution in [0.3, 0.4) is 0 Å². The number of aromatic nitrogens is 3. The van der Waals surface area contributed by atoms with Crippen molar-refractivity contribution in [3.63, 3.8) is 0 Å². The summed E-state index contributed by atoms with van der Waals surface area (Å²) in [4.78, 5) is 40.8. The van der Waals surface area contributed by atoms with Crippen LogP contribution in [0.15, 0.2) is 134 Å². The highest BCUT2D eigenvalue weighted by Gasteiger charge is 2.19. The molecule has 0 fully saturated rings. The lowest BCUT2D eigenvalue weighted by molar-refractivity contribution is 0.0686. The van der Waals surface area contributed by atoms with Gasteiger partial charge >= 0.3 is 11.9 Å². The first-order chi connectivity index (χ1) is 22.4. The second-order valence-corrected chi connectivity index (χ2v) is 11.4. The van der Waals surface area contributed by atoms with Crippen LogP contribution in [0.4, 0.5) is 16.4 Å². The number of carbonyl (C=O) groups is 2. The maximum Gasteiger partial charge on any atom is 0.335 e. The maximum atomic E-state index is 12.2. The van der Waals surface area contributed by atoms with Crippen LogP contribution < -0.4 is 4.90 Å². The van der Waals surface area contributed by atoms with Gasteiger partial charge in [0.1, 0.15) is 5.00 Å². The van der Waals surface area contributed by atoms with Crippen LogP contribution in [0.1, 0.15) is 20.7 Å². The van der Waals surface area contributed by atoms with Crippen LogP contribution in [0.5, 0.6) is 0 Å². The van der Waals surface area contributed by atoms with E-state index in [2.05, 4.69) is 46.3 Å². The van der Waals surface area contributed by atoms with Crippen molar-refractivity contribution in [2.24, 2.45) is 0 Å². The average molecular weight is 621 g/mol. The number of anilines is 3. The fourth-order valence-corrected chi connectivity index (χ4v) is 6.36. The van der Waals surface area contributed by atoms with Crippen molar-refractivity contribution in [3.8, 4) is 33.2 Å². The van der Waals surface area contributed by atoms with E-state index in [4.69, 9.17) is 9.97 Å². The van der Waals surface area contributed by atoms with Crippen molar-refractivity contribution in [1.29, 1.82) is 0 Å². The van der Waals surface area contributed by atoms with E-state index in [0.717, 1.165) is 37.7 Å². The van der Waals surface area contributed by atoms with E-state index in [1.54, 1.807) is 11.3 Å². The molecule has 222 valence electrons. The molecule has 0 saturated heterocycles. The number of thiophene rings is 1. The number of carboxylic acid groups (broad SMARTS) is 2. The van der Waals surface area contributed by atoms with Gasteiger partial charge in [0.2, 0.25) is 0 Å². The Morgan fingerprint density at radius 2 is 1.17 bits per heavy atom. The van der Waals surface area contributed by atoms with E-state index in [-0.39, 0.29) is 22.5 Å². The summed E-state index contributed by atoms with van der Waals surface area (Å²) in [6.07, 6.45) is 1.36. The number of fused-ring (bicyclic) bond motifs is 1. The molecule has 7 rings (SSSR count). The topological polar surface area (TPSA) is 117 Å². The van der Waals surface area contributed by atoms with E-state index < -0.39 is 11.9 Å². The zero-order valence-corrected chi connectivity index (χ0v) is 24.9. The van der Waals surface area contributed by atoms with Crippen molar-refractivity contribution in [2.75, 3.05) is 4.90 Å². The Hall–Kier alpha value is -6.19. The number of hydrogen-bond donors (Lipinski definition) is 2. The summed E-state index contributed by atoms with van der Waals surface area (Å²) < 4.78 is 0. The Balaban J connectivity index is 1.38. The third-order valence-corrected chi connectivity index (χ3v) is 8.53. The molecule has 3 aromatic carbocycles. The Labute approximate surface area is 267 Å². The van der Waals surface area contributed by atoms with Gasteiger partial charge in [-0.2, -0.15) is 0 Å². The lowest BCUT2D eigenvalue weighted by Gasteiger charge is -2.23. The van der Waals surface area contributed by atoms with Crippen LogP contribution >= 0.6 is 11.3 Å². The van der Waals surface area contributed by atoms with Crippen molar-refractivity contribution < 1.29 is 19.8 Å². The second-order valence-electron chi connectivity index (χ2n) is 10.4. The summed E-state index contributed by atoms with van der Waals surface area (Å²) in [5.41, 5.74) is 5.00. The first kappa shape index (κ1) is 28.6. The molecule has 9 heteroatoms. The minimum atomic E-state index is -1.15. The smallest absolute Gasteiger partial charge is 0.335 e. The van der Waals surface area contributed by atoms with E-state index in [9.17, 15) is 19.8 Å². The van der Waals surface area contributed by atoms with Gasteiger partial charge in [0.25, 0.3) is 0 Å². The Kier molecular flexibility index (Phi) is 7.49. The molecule has 0 saturated carbocycles. The van der Waals surface area contributed by atoms with Crippen LogP contribution in [-0.4, -0.2) is 37.1 Å². The molecule has 0 bridgehead atoms. The summed E-state index contributed by atoms with van der Waals surface area (Å²) >= 11 is 1.63. The molecule has 0 aliphatic heterocycles. The van der Waals surface area contributed by atoms with Crippen molar-refractivity contribution >= 4 is 50.6 Å². The molecule has 0 amide bonds. The van der Waals surface area contributed by atoms with Gasteiger partial charge in [0.15, 0.2) is 0 Å². The Morgan fingerprint density at radius 3 is 1.85 bits per heavy atom. The summed E-state index contributed by atoms with van der Waals surface area (Å²) in [6.45, 7) is 0. The molecule has 0 spiro atoms. The zero-order chi connectivity index (χ0) is 31.6. The number of aromatic carboxylic acids is 2. The summed E-state index contributed by atoms with van der Waals surface area (Å²) in [6, 6.07) is 39.9. The fraction of sp³-hybridized carbons (Fsp3) is 0. The third kappa shape index (κ3) is 5.58. The Morgan fingerprint density at radius 1 is 0.587 bits per heavy atom. The first-order valence-corrected chi connectivity index (χ1v) is 15.1. The van der Waals surface area contributed by atoms with Gasteiger partial charge in [-0.25, -0.2) is 19.6 Å². The summed E-state index contributed by atoms with van der Waals surface area (Å²) in [5, 5.41) is 21.4. The van der Waals surface area contributed by atoms with Gasteiger partial charge in [0.05, 0.1) is 39.4 Å². The molecular weight excluding hydrogens is 596 g/mol. The molecular formula is C37H24N4O4S. The third-order valence-electron chi connectivity index (χ3n) is 7.43. The number of benzene rings is 3. The number of nitrogens with zero attached hydrogens (tertiary/aromatic N) is 4. The molecule has 8 nitrogen and oxygen atoms in total. The maximum absolute atomic E-state index is 12.2. The highest BCUT2D eigenvalue weighted by atomic mass is 32.1. The molecule has 0 aliphatic rings. The SMILES string of the molecule is O=C(O)c1ccnc(-c2cc(C(=O)O)cc(-c3cc(-c4ccc(N(c5ccccc5)c5ccccc5)s4)c4ccccc4n3)n2)c1. The monoisotopic (exact) mass is 620 g/mol. The van der Waals surface area contributed by atoms with E-state index in [1.165, 1.54) is 30.5 Å². The highest BCUT2D eigenvalue weighted by molar-refractivity contribution is 7.19. The molecule has 0 radical (unpaired) electrons. The lowest BCUT2D eigenvalue weighted by Crippen LogP contribution is -2.07. The predicted molar refractivity (Wildman–Crippen MR) is 180 cm³/mol. The molecule has 7 aromatic rings. The minimum absolute atomic E-state index is 0.0150. The van der Waals surface area contributed by atoms with Gasteiger partial charge in [-0.1, -0.05) is 54.6 Å². The van der Waals surface area contributed by atoms with Gasteiger partial charge in [-0.05, 0) is 72.8 Å². The first-order valence-electron chi connectivity index (χ1n) is 14.3. The minimum Gasteiger partial charge on any atom is -0.478 e. The Bertz CT molecular complexity index is 2200. The number of hydrogen-bond acceptors (Lipinski definition) is 7. The number of carboxylic acids is 2. The molecule has 4 aromatic heterocycles.